The number of non-ortho nitro benzene ring substituents is 1. The van der Waals surface area contributed by atoms with Crippen LogP contribution in [-0.4, -0.2) is 60.8 Å². The van der Waals surface area contributed by atoms with E-state index in [4.69, 9.17) is 23.2 Å². The molecule has 2 N–H and O–H groups in total. The molecule has 0 bridgehead atoms. The second-order valence-corrected chi connectivity index (χ2v) is 7.87. The number of halogens is 2. The van der Waals surface area contributed by atoms with Gasteiger partial charge in [0.2, 0.25) is 0 Å². The van der Waals surface area contributed by atoms with Crippen LogP contribution < -0.4 is 5.32 Å². The molecule has 2 heterocycles. The predicted octanol–water partition coefficient (Wildman–Crippen LogP) is 4.45. The summed E-state index contributed by atoms with van der Waals surface area (Å²) >= 11 is 12.0. The summed E-state index contributed by atoms with van der Waals surface area (Å²) in [6.45, 7) is 0.194. The van der Waals surface area contributed by atoms with E-state index < -0.39 is 16.6 Å². The number of nitro groups is 1. The zero-order chi connectivity index (χ0) is 23.7. The smallest absolute Gasteiger partial charge is 0.296 e. The maximum absolute atomic E-state index is 13.0. The van der Waals surface area contributed by atoms with E-state index >= 15 is 0 Å². The van der Waals surface area contributed by atoms with E-state index in [0.717, 1.165) is 0 Å². The minimum absolute atomic E-state index is 0. The number of pyridine rings is 1. The Hall–Kier alpha value is -2.95. The Bertz CT molecular complexity index is 1420. The average Bonchev–Trinajstić information content (AvgIpc) is 3.13. The molecule has 0 aliphatic heterocycles. The summed E-state index contributed by atoms with van der Waals surface area (Å²) in [6.07, 6.45) is 4.01. The third-order valence-corrected chi connectivity index (χ3v) is 5.45. The van der Waals surface area contributed by atoms with Gasteiger partial charge >= 0.3 is 0 Å². The summed E-state index contributed by atoms with van der Waals surface area (Å²) < 4.78 is 1.67. The van der Waals surface area contributed by atoms with Crippen molar-refractivity contribution in [1.29, 1.82) is 0 Å². The van der Waals surface area contributed by atoms with Crippen LogP contribution in [0.2, 0.25) is 10.0 Å². The molecule has 4 aromatic rings. The molecule has 0 fully saturated rings. The number of anilines is 1. The number of aromatic hydroxyl groups is 1. The van der Waals surface area contributed by atoms with Gasteiger partial charge in [-0.2, -0.15) is 0 Å². The SMILES string of the molecule is O=C(Nc1c(Cl)cncc1Cl)C(=O)c1cn(Cc2cccc([N+](=O)[O-])c2)c2ccc(O)cc12.[Na]. The number of ketones is 1. The number of fused-ring (bicyclic) bond motifs is 1. The first kappa shape index (κ1) is 25.7. The molecule has 1 amide bonds. The fourth-order valence-corrected chi connectivity index (χ4v) is 3.84. The van der Waals surface area contributed by atoms with Crippen molar-refractivity contribution in [1.82, 2.24) is 9.55 Å². The van der Waals surface area contributed by atoms with E-state index in [0.29, 0.717) is 16.5 Å². The van der Waals surface area contributed by atoms with E-state index in [1.807, 2.05) is 0 Å². The summed E-state index contributed by atoms with van der Waals surface area (Å²) in [4.78, 5) is 40.1. The molecule has 2 aromatic carbocycles. The van der Waals surface area contributed by atoms with E-state index in [-0.39, 0.29) is 68.8 Å². The minimum Gasteiger partial charge on any atom is -0.508 e. The monoisotopic (exact) mass is 507 g/mol. The summed E-state index contributed by atoms with van der Waals surface area (Å²) in [7, 11) is 0. The fraction of sp³-hybridized carbons (Fsp3) is 0.0455. The molecule has 34 heavy (non-hydrogen) atoms. The van der Waals surface area contributed by atoms with Gasteiger partial charge < -0.3 is 15.0 Å². The van der Waals surface area contributed by atoms with Crippen molar-refractivity contribution in [3.8, 4) is 5.75 Å². The Labute approximate surface area is 224 Å². The van der Waals surface area contributed by atoms with Crippen LogP contribution in [0.5, 0.6) is 5.75 Å². The number of hydrogen-bond acceptors (Lipinski definition) is 6. The minimum atomic E-state index is -0.984. The van der Waals surface area contributed by atoms with Gasteiger partial charge in [0.1, 0.15) is 5.75 Å². The first-order valence-electron chi connectivity index (χ1n) is 9.44. The maximum Gasteiger partial charge on any atom is 0.296 e. The molecule has 0 atom stereocenters. The molecule has 2 aromatic heterocycles. The Morgan fingerprint density at radius 1 is 1.12 bits per heavy atom. The number of amides is 1. The molecule has 0 saturated carbocycles. The summed E-state index contributed by atoms with van der Waals surface area (Å²) in [5.74, 6) is -1.96. The molecule has 9 nitrogen and oxygen atoms in total. The number of aromatic nitrogens is 2. The van der Waals surface area contributed by atoms with Gasteiger partial charge in [-0.15, -0.1) is 0 Å². The van der Waals surface area contributed by atoms with Crippen LogP contribution in [0, 0.1) is 10.1 Å². The molecule has 167 valence electrons. The van der Waals surface area contributed by atoms with Crippen LogP contribution in [-0.2, 0) is 11.3 Å². The topological polar surface area (TPSA) is 127 Å². The van der Waals surface area contributed by atoms with Crippen molar-refractivity contribution in [2.75, 3.05) is 5.32 Å². The van der Waals surface area contributed by atoms with Crippen LogP contribution in [0.3, 0.4) is 0 Å². The summed E-state index contributed by atoms with van der Waals surface area (Å²) in [5.41, 5.74) is 1.19. The van der Waals surface area contributed by atoms with Gasteiger partial charge in [0, 0.05) is 77.7 Å². The molecular weight excluding hydrogens is 494 g/mol. The maximum atomic E-state index is 13.0. The largest absolute Gasteiger partial charge is 0.508 e. The van der Waals surface area contributed by atoms with Crippen LogP contribution in [0.4, 0.5) is 11.4 Å². The number of carbonyl (C=O) groups excluding carboxylic acids is 2. The zero-order valence-electron chi connectivity index (χ0n) is 17.7. The van der Waals surface area contributed by atoms with Crippen molar-refractivity contribution in [2.24, 2.45) is 0 Å². The Kier molecular flexibility index (Phi) is 7.96. The summed E-state index contributed by atoms with van der Waals surface area (Å²) in [6, 6.07) is 10.5. The number of nitro benzene ring substituents is 1. The molecule has 0 aliphatic carbocycles. The third kappa shape index (κ3) is 5.24. The van der Waals surface area contributed by atoms with Crippen molar-refractivity contribution >= 4 is 86.7 Å². The third-order valence-electron chi connectivity index (χ3n) is 4.88. The zero-order valence-corrected chi connectivity index (χ0v) is 21.2. The number of carbonyl (C=O) groups is 2. The average molecular weight is 508 g/mol. The van der Waals surface area contributed by atoms with Gasteiger partial charge in [-0.3, -0.25) is 24.7 Å². The van der Waals surface area contributed by atoms with Crippen molar-refractivity contribution in [2.45, 2.75) is 6.54 Å². The number of nitrogens with one attached hydrogen (secondary N) is 1. The molecule has 0 saturated heterocycles. The molecule has 0 unspecified atom stereocenters. The van der Waals surface area contributed by atoms with E-state index in [1.165, 1.54) is 42.9 Å². The molecule has 4 rings (SSSR count). The fourth-order valence-electron chi connectivity index (χ4n) is 3.39. The standard InChI is InChI=1S/C22H14Cl2N4O5.Na/c23-17-8-25-9-18(24)20(17)26-22(31)21(30)16-11-27(19-5-4-14(29)7-15(16)19)10-12-2-1-3-13(6-12)28(32)33;/h1-9,11,29H,10H2,(H,25,26,31);. The van der Waals surface area contributed by atoms with Gasteiger partial charge in [-0.1, -0.05) is 35.3 Å². The van der Waals surface area contributed by atoms with Crippen LogP contribution >= 0.6 is 23.2 Å². The number of hydrogen-bond donors (Lipinski definition) is 2. The van der Waals surface area contributed by atoms with Crippen molar-refractivity contribution in [3.05, 3.63) is 92.3 Å². The van der Waals surface area contributed by atoms with E-state index in [2.05, 4.69) is 10.3 Å². The van der Waals surface area contributed by atoms with Crippen LogP contribution in [0.1, 0.15) is 15.9 Å². The number of rotatable bonds is 6. The Balaban J connectivity index is 0.00000324. The first-order chi connectivity index (χ1) is 15.7. The van der Waals surface area contributed by atoms with E-state index in [1.54, 1.807) is 22.8 Å². The molecule has 0 aliphatic rings. The van der Waals surface area contributed by atoms with Gasteiger partial charge in [0.15, 0.2) is 0 Å². The van der Waals surface area contributed by atoms with Gasteiger partial charge in [-0.05, 0) is 23.8 Å². The Morgan fingerprint density at radius 2 is 1.82 bits per heavy atom. The van der Waals surface area contributed by atoms with Gasteiger partial charge in [0.25, 0.3) is 17.4 Å². The number of nitrogens with zero attached hydrogens (tertiary/aromatic N) is 3. The van der Waals surface area contributed by atoms with E-state index in [9.17, 15) is 24.8 Å². The van der Waals surface area contributed by atoms with Gasteiger partial charge in [0.05, 0.1) is 26.2 Å². The van der Waals surface area contributed by atoms with Crippen LogP contribution in [0.15, 0.2) is 61.1 Å². The number of phenols is 1. The van der Waals surface area contributed by atoms with Crippen molar-refractivity contribution < 1.29 is 19.6 Å². The summed E-state index contributed by atoms with van der Waals surface area (Å²) in [5, 5.41) is 23.9. The normalized spacial score (nSPS) is 10.5. The number of benzene rings is 2. The first-order valence-corrected chi connectivity index (χ1v) is 10.2. The number of Topliss-reactive ketones (excluding diaryl/α,β-unsaturated/α-hetero) is 1. The molecular formula is C22H14Cl2N4NaO5. The van der Waals surface area contributed by atoms with Gasteiger partial charge in [-0.25, -0.2) is 0 Å². The number of phenolic OH excluding ortho intramolecular Hbond substituents is 1. The quantitative estimate of drug-likeness (QED) is 0.130. The Morgan fingerprint density at radius 3 is 2.50 bits per heavy atom. The second kappa shape index (κ2) is 10.5. The molecule has 1 radical (unpaired) electrons. The molecule has 12 heteroatoms. The van der Waals surface area contributed by atoms with Crippen molar-refractivity contribution in [3.63, 3.8) is 0 Å². The second-order valence-electron chi connectivity index (χ2n) is 7.06. The van der Waals surface area contributed by atoms with Crippen LogP contribution in [0.25, 0.3) is 10.9 Å². The molecule has 0 spiro atoms. The predicted molar refractivity (Wildman–Crippen MR) is 129 cm³/mol.